The van der Waals surface area contributed by atoms with E-state index in [1.165, 1.54) is 7.11 Å². The molecule has 0 N–H and O–H groups in total. The minimum atomic E-state index is -0.298. The quantitative estimate of drug-likeness (QED) is 0.363. The summed E-state index contributed by atoms with van der Waals surface area (Å²) in [4.78, 5) is 14.5. The predicted molar refractivity (Wildman–Crippen MR) is 49.1 cm³/mol. The number of hydrogen-bond donors (Lipinski definition) is 0. The van der Waals surface area contributed by atoms with Crippen LogP contribution in [0.1, 0.15) is 13.3 Å². The molecule has 0 unspecified atom stereocenters. The van der Waals surface area contributed by atoms with Crippen LogP contribution < -0.4 is 0 Å². The Morgan fingerprint density at radius 1 is 1.67 bits per heavy atom. The number of methoxy groups -OCH3 is 1. The number of allylic oxidation sites excluding steroid dienone is 2. The first-order chi connectivity index (χ1) is 5.65. The molecular weight excluding hydrogens is 154 g/mol. The standard InChI is InChI=1S/C9H13NO2/c1-5-8(7(2)10-3)6-9(11)12-4/h5H,1,3,6H2,2,4H3/b8-7+. The van der Waals surface area contributed by atoms with E-state index < -0.39 is 0 Å². The summed E-state index contributed by atoms with van der Waals surface area (Å²) in [5, 5.41) is 0. The van der Waals surface area contributed by atoms with Crippen molar-refractivity contribution in [1.82, 2.24) is 0 Å². The number of carbonyl (C=O) groups excluding carboxylic acids is 1. The molecule has 3 heteroatoms. The van der Waals surface area contributed by atoms with Gasteiger partial charge in [0, 0.05) is 5.70 Å². The van der Waals surface area contributed by atoms with Gasteiger partial charge in [-0.25, -0.2) is 0 Å². The van der Waals surface area contributed by atoms with Crippen LogP contribution in [-0.4, -0.2) is 19.8 Å². The molecule has 12 heavy (non-hydrogen) atoms. The van der Waals surface area contributed by atoms with Crippen molar-refractivity contribution in [3.8, 4) is 0 Å². The van der Waals surface area contributed by atoms with E-state index in [-0.39, 0.29) is 12.4 Å². The zero-order valence-corrected chi connectivity index (χ0v) is 7.46. The molecule has 0 aliphatic heterocycles. The fourth-order valence-electron chi connectivity index (χ4n) is 0.677. The molecule has 0 aromatic rings. The molecule has 0 aromatic heterocycles. The lowest BCUT2D eigenvalue weighted by Crippen LogP contribution is -2.01. The lowest BCUT2D eigenvalue weighted by molar-refractivity contribution is -0.139. The van der Waals surface area contributed by atoms with Crippen LogP contribution in [-0.2, 0) is 9.53 Å². The zero-order chi connectivity index (χ0) is 9.56. The van der Waals surface area contributed by atoms with Gasteiger partial charge in [0.2, 0.25) is 0 Å². The Bertz CT molecular complexity index is 229. The van der Waals surface area contributed by atoms with E-state index >= 15 is 0 Å². The fraction of sp³-hybridized carbons (Fsp3) is 0.333. The third kappa shape index (κ3) is 3.14. The molecule has 0 heterocycles. The highest BCUT2D eigenvalue weighted by Crippen LogP contribution is 2.10. The molecule has 0 fully saturated rings. The summed E-state index contributed by atoms with van der Waals surface area (Å²) in [6.07, 6.45) is 1.78. The van der Waals surface area contributed by atoms with Crippen LogP contribution in [0, 0.1) is 0 Å². The van der Waals surface area contributed by atoms with Crippen molar-refractivity contribution in [2.45, 2.75) is 13.3 Å². The molecule has 0 atom stereocenters. The van der Waals surface area contributed by atoms with Gasteiger partial charge in [0.15, 0.2) is 0 Å². The van der Waals surface area contributed by atoms with Crippen LogP contribution in [0.3, 0.4) is 0 Å². The van der Waals surface area contributed by atoms with E-state index in [0.29, 0.717) is 5.70 Å². The van der Waals surface area contributed by atoms with Gasteiger partial charge >= 0.3 is 5.97 Å². The smallest absolute Gasteiger partial charge is 0.310 e. The van der Waals surface area contributed by atoms with Crippen LogP contribution in [0.5, 0.6) is 0 Å². The SMILES string of the molecule is C=C/C(CC(=O)OC)=C(/C)N=C. The van der Waals surface area contributed by atoms with Crippen LogP contribution in [0.4, 0.5) is 0 Å². The Balaban J connectivity index is 4.47. The number of ether oxygens (including phenoxy) is 1. The highest BCUT2D eigenvalue weighted by atomic mass is 16.5. The number of esters is 1. The van der Waals surface area contributed by atoms with Crippen molar-refractivity contribution in [3.63, 3.8) is 0 Å². The zero-order valence-electron chi connectivity index (χ0n) is 7.46. The molecule has 0 rings (SSSR count). The minimum Gasteiger partial charge on any atom is -0.469 e. The van der Waals surface area contributed by atoms with E-state index in [1.807, 2.05) is 0 Å². The average molecular weight is 167 g/mol. The van der Waals surface area contributed by atoms with E-state index in [2.05, 4.69) is 23.0 Å². The van der Waals surface area contributed by atoms with Crippen LogP contribution in [0.15, 0.2) is 28.9 Å². The maximum absolute atomic E-state index is 10.8. The summed E-state index contributed by atoms with van der Waals surface area (Å²) in [6, 6.07) is 0. The maximum atomic E-state index is 10.8. The fourth-order valence-corrected chi connectivity index (χ4v) is 0.677. The summed E-state index contributed by atoms with van der Waals surface area (Å²) < 4.78 is 4.49. The van der Waals surface area contributed by atoms with Crippen molar-refractivity contribution in [2.75, 3.05) is 7.11 Å². The molecule has 66 valence electrons. The molecule has 0 amide bonds. The summed E-state index contributed by atoms with van der Waals surface area (Å²) in [6.45, 7) is 8.69. The van der Waals surface area contributed by atoms with E-state index in [4.69, 9.17) is 0 Å². The number of carbonyl (C=O) groups is 1. The Hall–Kier alpha value is -1.38. The van der Waals surface area contributed by atoms with E-state index in [0.717, 1.165) is 5.57 Å². The number of nitrogens with zero attached hydrogens (tertiary/aromatic N) is 1. The first kappa shape index (κ1) is 10.6. The molecule has 0 saturated carbocycles. The first-order valence-corrected chi connectivity index (χ1v) is 3.51. The van der Waals surface area contributed by atoms with Crippen molar-refractivity contribution < 1.29 is 9.53 Å². The highest BCUT2D eigenvalue weighted by molar-refractivity contribution is 5.73. The van der Waals surface area contributed by atoms with E-state index in [1.54, 1.807) is 13.0 Å². The lowest BCUT2D eigenvalue weighted by atomic mass is 10.1. The minimum absolute atomic E-state index is 0.199. The normalized spacial score (nSPS) is 11.5. The van der Waals surface area contributed by atoms with Gasteiger partial charge in [0.25, 0.3) is 0 Å². The van der Waals surface area contributed by atoms with Crippen molar-refractivity contribution in [2.24, 2.45) is 4.99 Å². The molecule has 0 aliphatic carbocycles. The molecule has 0 spiro atoms. The molecule has 0 aromatic carbocycles. The monoisotopic (exact) mass is 167 g/mol. The maximum Gasteiger partial charge on any atom is 0.310 e. The lowest BCUT2D eigenvalue weighted by Gasteiger charge is -2.01. The third-order valence-corrected chi connectivity index (χ3v) is 1.51. The second-order valence-electron chi connectivity index (χ2n) is 2.23. The van der Waals surface area contributed by atoms with Crippen LogP contribution in [0.25, 0.3) is 0 Å². The highest BCUT2D eigenvalue weighted by Gasteiger charge is 2.04. The molecular formula is C9H13NO2. The van der Waals surface area contributed by atoms with Crippen LogP contribution in [0.2, 0.25) is 0 Å². The Morgan fingerprint density at radius 3 is 2.58 bits per heavy atom. The second kappa shape index (κ2) is 5.29. The summed E-state index contributed by atoms with van der Waals surface area (Å²) >= 11 is 0. The summed E-state index contributed by atoms with van der Waals surface area (Å²) in [7, 11) is 1.35. The second-order valence-corrected chi connectivity index (χ2v) is 2.23. The summed E-state index contributed by atoms with van der Waals surface area (Å²) in [5.74, 6) is -0.298. The predicted octanol–water partition coefficient (Wildman–Crippen LogP) is 1.71. The Labute approximate surface area is 72.4 Å². The first-order valence-electron chi connectivity index (χ1n) is 3.51. The van der Waals surface area contributed by atoms with Crippen molar-refractivity contribution >= 4 is 12.7 Å². The van der Waals surface area contributed by atoms with E-state index in [9.17, 15) is 4.79 Å². The van der Waals surface area contributed by atoms with Crippen molar-refractivity contribution in [1.29, 1.82) is 0 Å². The van der Waals surface area contributed by atoms with Gasteiger partial charge in [-0.05, 0) is 19.2 Å². The van der Waals surface area contributed by atoms with Gasteiger partial charge < -0.3 is 4.74 Å². The summed E-state index contributed by atoms with van der Waals surface area (Å²) in [5.41, 5.74) is 1.45. The molecule has 0 bridgehead atoms. The topological polar surface area (TPSA) is 38.7 Å². The van der Waals surface area contributed by atoms with Gasteiger partial charge in [0.05, 0.1) is 13.5 Å². The molecule has 0 radical (unpaired) electrons. The van der Waals surface area contributed by atoms with Gasteiger partial charge in [-0.15, -0.1) is 0 Å². The Morgan fingerprint density at radius 2 is 2.25 bits per heavy atom. The molecule has 0 aliphatic rings. The average Bonchev–Trinajstić information content (AvgIpc) is 2.12. The van der Waals surface area contributed by atoms with Crippen LogP contribution >= 0.6 is 0 Å². The molecule has 3 nitrogen and oxygen atoms in total. The molecule has 0 saturated heterocycles. The number of hydrogen-bond acceptors (Lipinski definition) is 3. The van der Waals surface area contributed by atoms with Gasteiger partial charge in [-0.2, -0.15) is 0 Å². The van der Waals surface area contributed by atoms with Gasteiger partial charge in [-0.3, -0.25) is 9.79 Å². The third-order valence-electron chi connectivity index (χ3n) is 1.51. The van der Waals surface area contributed by atoms with Crippen molar-refractivity contribution in [3.05, 3.63) is 23.9 Å². The van der Waals surface area contributed by atoms with Gasteiger partial charge in [-0.1, -0.05) is 12.7 Å². The number of rotatable bonds is 4. The largest absolute Gasteiger partial charge is 0.469 e. The Kier molecular flexibility index (Phi) is 4.69. The number of aliphatic imine (C=N–C) groups is 1. The van der Waals surface area contributed by atoms with Gasteiger partial charge in [0.1, 0.15) is 0 Å².